The summed E-state index contributed by atoms with van der Waals surface area (Å²) in [6.07, 6.45) is -0.187. The smallest absolute Gasteiger partial charge is 0.406 e. The molecule has 0 aliphatic heterocycles. The van der Waals surface area contributed by atoms with Crippen LogP contribution in [0.25, 0.3) is 0 Å². The first-order valence-corrected chi connectivity index (χ1v) is 11.8. The topological polar surface area (TPSA) is 135 Å². The number of benzene rings is 1. The van der Waals surface area contributed by atoms with E-state index in [2.05, 4.69) is 18.9 Å². The Labute approximate surface area is 177 Å². The molecule has 9 nitrogen and oxygen atoms in total. The summed E-state index contributed by atoms with van der Waals surface area (Å²) < 4.78 is 70.6. The van der Waals surface area contributed by atoms with Crippen LogP contribution in [0, 0.1) is 0 Å². The minimum Gasteiger partial charge on any atom is -0.406 e. The zero-order chi connectivity index (χ0) is 23.7. The Morgan fingerprint density at radius 2 is 1.81 bits per heavy atom. The van der Waals surface area contributed by atoms with Crippen molar-refractivity contribution in [1.82, 2.24) is 0 Å². The molecule has 1 atom stereocenters. The molecule has 0 radical (unpaired) electrons. The van der Waals surface area contributed by atoms with Gasteiger partial charge in [0.25, 0.3) is 0 Å². The van der Waals surface area contributed by atoms with Crippen molar-refractivity contribution >= 4 is 21.3 Å². The number of rotatable bonds is 12. The van der Waals surface area contributed by atoms with E-state index in [0.717, 1.165) is 11.1 Å². The third-order valence-corrected chi connectivity index (χ3v) is 5.70. The van der Waals surface area contributed by atoms with Crippen molar-refractivity contribution in [1.29, 1.82) is 0 Å². The molecule has 0 bridgehead atoms. The normalized spacial score (nSPS) is 15.5. The summed E-state index contributed by atoms with van der Waals surface area (Å²) in [6.45, 7) is 3.60. The van der Waals surface area contributed by atoms with Crippen molar-refractivity contribution in [3.8, 4) is 5.75 Å². The molecule has 0 aliphatic carbocycles. The summed E-state index contributed by atoms with van der Waals surface area (Å²) in [4.78, 5) is 26.2. The van der Waals surface area contributed by atoms with Gasteiger partial charge in [-0.25, -0.2) is 9.13 Å². The molecule has 0 aromatic heterocycles. The molecule has 0 fully saturated rings. The van der Waals surface area contributed by atoms with Gasteiger partial charge in [0.15, 0.2) is 0 Å². The van der Waals surface area contributed by atoms with Crippen LogP contribution in [0.3, 0.4) is 0 Å². The third kappa shape index (κ3) is 14.1. The van der Waals surface area contributed by atoms with Crippen LogP contribution in [0.2, 0.25) is 0 Å². The van der Waals surface area contributed by atoms with Crippen molar-refractivity contribution < 1.29 is 50.6 Å². The molecule has 4 N–H and O–H groups in total. The zero-order valence-electron chi connectivity index (χ0n) is 16.7. The molecule has 0 heterocycles. The van der Waals surface area contributed by atoms with Crippen molar-refractivity contribution in [2.24, 2.45) is 0 Å². The maximum Gasteiger partial charge on any atom is 0.573 e. The molecule has 1 unspecified atom stereocenters. The highest BCUT2D eigenvalue weighted by Gasteiger charge is 2.32. The molecular weight excluding hydrogens is 465 g/mol. The number of hydrogen-bond donors (Lipinski definition) is 4. The van der Waals surface area contributed by atoms with E-state index in [9.17, 15) is 22.3 Å². The highest BCUT2D eigenvalue weighted by Crippen LogP contribution is 2.57. The van der Waals surface area contributed by atoms with Gasteiger partial charge in [-0.15, -0.1) is 13.2 Å². The summed E-state index contributed by atoms with van der Waals surface area (Å²) in [7, 11) is -10.0. The number of allylic oxidation sites excluding steroid dienone is 2. The number of anilines is 1. The highest BCUT2D eigenvalue weighted by atomic mass is 31.3. The van der Waals surface area contributed by atoms with Gasteiger partial charge in [-0.05, 0) is 38.8 Å². The maximum absolute atomic E-state index is 12.3. The van der Waals surface area contributed by atoms with Gasteiger partial charge in [-0.3, -0.25) is 4.52 Å². The van der Waals surface area contributed by atoms with E-state index < -0.39 is 22.0 Å². The van der Waals surface area contributed by atoms with Gasteiger partial charge in [0.05, 0.1) is 6.61 Å². The predicted octanol–water partition coefficient (Wildman–Crippen LogP) is 4.90. The molecule has 1 aromatic carbocycles. The fourth-order valence-electron chi connectivity index (χ4n) is 2.20. The van der Waals surface area contributed by atoms with Crippen molar-refractivity contribution in [3.05, 3.63) is 47.6 Å². The summed E-state index contributed by atoms with van der Waals surface area (Å²) in [5, 5.41) is 2.99. The Kier molecular flexibility index (Phi) is 10.4. The number of phosphoric acid groups is 2. The van der Waals surface area contributed by atoms with Gasteiger partial charge >= 0.3 is 22.0 Å². The average molecular weight is 489 g/mol. The summed E-state index contributed by atoms with van der Waals surface area (Å²) in [5.41, 5.74) is 2.19. The second kappa shape index (κ2) is 11.8. The molecule has 176 valence electrons. The van der Waals surface area contributed by atoms with Crippen LogP contribution in [0.15, 0.2) is 47.6 Å². The van der Waals surface area contributed by atoms with E-state index >= 15 is 0 Å². The minimum atomic E-state index is -5.15. The minimum absolute atomic E-state index is 0.319. The van der Waals surface area contributed by atoms with Gasteiger partial charge in [0.2, 0.25) is 0 Å². The van der Waals surface area contributed by atoms with Crippen LogP contribution in [0.4, 0.5) is 18.9 Å². The molecule has 14 heteroatoms. The lowest BCUT2D eigenvalue weighted by Gasteiger charge is -2.12. The Hall–Kier alpha value is -1.65. The second-order valence-corrected chi connectivity index (χ2v) is 9.24. The molecule has 0 spiro atoms. The molecular formula is C17H24F3NO8P2. The second-order valence-electron chi connectivity index (χ2n) is 6.41. The Balaban J connectivity index is 2.42. The molecule has 0 saturated heterocycles. The maximum atomic E-state index is 12.3. The first-order chi connectivity index (χ1) is 14.2. The number of phosphoric ester groups is 1. The quantitative estimate of drug-likeness (QED) is 0.239. The molecule has 31 heavy (non-hydrogen) atoms. The van der Waals surface area contributed by atoms with Crippen LogP contribution in [0.5, 0.6) is 5.75 Å². The predicted molar refractivity (Wildman–Crippen MR) is 107 cm³/mol. The van der Waals surface area contributed by atoms with Crippen LogP contribution in [-0.4, -0.2) is 34.2 Å². The largest absolute Gasteiger partial charge is 0.573 e. The first-order valence-electron chi connectivity index (χ1n) is 8.80. The van der Waals surface area contributed by atoms with Crippen LogP contribution < -0.4 is 10.1 Å². The van der Waals surface area contributed by atoms with Gasteiger partial charge in [-0.2, -0.15) is 4.31 Å². The standard InChI is InChI=1S/C17H24F3NO8P2/c1-13(9-10-27-31(25,26)29-30(22,23)24)5-3-6-14(2)12-21-15-7-4-8-16(11-15)28-17(18,19)20/h4,6-9,11,21H,3,5,10,12H2,1-2H3,(H,25,26)(H2,22,23,24)/b13-9+,14-6+. The van der Waals surface area contributed by atoms with Gasteiger partial charge < -0.3 is 24.7 Å². The van der Waals surface area contributed by atoms with Crippen LogP contribution in [-0.2, 0) is 18.0 Å². The van der Waals surface area contributed by atoms with Gasteiger partial charge in [-0.1, -0.05) is 29.4 Å². The Morgan fingerprint density at radius 1 is 1.13 bits per heavy atom. The van der Waals surface area contributed by atoms with Crippen molar-refractivity contribution in [2.45, 2.75) is 33.1 Å². The fraction of sp³-hybridized carbons (Fsp3) is 0.412. The number of alkyl halides is 3. The highest BCUT2D eigenvalue weighted by molar-refractivity contribution is 7.60. The molecule has 1 aromatic rings. The molecule has 0 aliphatic rings. The Morgan fingerprint density at radius 3 is 2.42 bits per heavy atom. The number of nitrogens with one attached hydrogen (secondary N) is 1. The fourth-order valence-corrected chi connectivity index (χ4v) is 3.72. The average Bonchev–Trinajstić information content (AvgIpc) is 2.56. The SMILES string of the molecule is C/C(=C\COP(=O)(O)OP(=O)(O)O)CC/C=C(\C)CNc1cccc(OC(F)(F)F)c1. The van der Waals surface area contributed by atoms with E-state index in [1.165, 1.54) is 24.3 Å². The number of hydrogen-bond acceptors (Lipinski definition) is 6. The van der Waals surface area contributed by atoms with E-state index in [1.807, 2.05) is 13.0 Å². The van der Waals surface area contributed by atoms with Gasteiger partial charge in [0.1, 0.15) is 5.75 Å². The van der Waals surface area contributed by atoms with Crippen LogP contribution >= 0.6 is 15.6 Å². The van der Waals surface area contributed by atoms with Gasteiger partial charge in [0, 0.05) is 18.3 Å². The first kappa shape index (κ1) is 27.4. The van der Waals surface area contributed by atoms with Crippen molar-refractivity contribution in [3.63, 3.8) is 0 Å². The summed E-state index contributed by atoms with van der Waals surface area (Å²) in [6, 6.07) is 5.49. The molecule has 1 rings (SSSR count). The lowest BCUT2D eigenvalue weighted by Crippen LogP contribution is -2.17. The zero-order valence-corrected chi connectivity index (χ0v) is 18.5. The summed E-state index contributed by atoms with van der Waals surface area (Å²) in [5.74, 6) is -0.319. The number of halogens is 3. The molecule has 0 amide bonds. The summed E-state index contributed by atoms with van der Waals surface area (Å²) >= 11 is 0. The van der Waals surface area contributed by atoms with Crippen LogP contribution in [0.1, 0.15) is 26.7 Å². The van der Waals surface area contributed by atoms with E-state index in [-0.39, 0.29) is 12.4 Å². The number of ether oxygens (including phenoxy) is 1. The van der Waals surface area contributed by atoms with E-state index in [1.54, 1.807) is 13.0 Å². The monoisotopic (exact) mass is 489 g/mol. The Bertz CT molecular complexity index is 882. The molecule has 0 saturated carbocycles. The third-order valence-electron chi connectivity index (χ3n) is 3.55. The van der Waals surface area contributed by atoms with E-state index in [0.29, 0.717) is 25.1 Å². The van der Waals surface area contributed by atoms with E-state index in [4.69, 9.17) is 14.7 Å². The lowest BCUT2D eigenvalue weighted by molar-refractivity contribution is -0.274. The lowest BCUT2D eigenvalue weighted by atomic mass is 10.1. The van der Waals surface area contributed by atoms with Crippen molar-refractivity contribution in [2.75, 3.05) is 18.5 Å².